The van der Waals surface area contributed by atoms with E-state index >= 15 is 0 Å². The van der Waals surface area contributed by atoms with Crippen molar-refractivity contribution in [1.29, 1.82) is 0 Å². The van der Waals surface area contributed by atoms with Crippen molar-refractivity contribution in [2.45, 2.75) is 78.6 Å². The number of nitrogens with zero attached hydrogens (tertiary/aromatic N) is 6. The minimum Gasteiger partial charge on any atom is -0.499 e. The molecule has 0 fully saturated rings. The molecule has 2 aromatic heterocycles. The number of allylic oxidation sites excluding steroid dienone is 3. The van der Waals surface area contributed by atoms with Crippen LogP contribution >= 0.6 is 0 Å². The lowest BCUT2D eigenvalue weighted by molar-refractivity contribution is -0.172. The fraction of sp³-hybridized carbons (Fsp3) is 0.571. The van der Waals surface area contributed by atoms with Crippen LogP contribution in [0.2, 0.25) is 0 Å². The van der Waals surface area contributed by atoms with Gasteiger partial charge in [0.25, 0.3) is 11.5 Å². The molecule has 0 bridgehead atoms. The second-order valence-corrected chi connectivity index (χ2v) is 16.2. The first-order chi connectivity index (χ1) is 33.6. The van der Waals surface area contributed by atoms with Crippen LogP contribution in [0.25, 0.3) is 32.7 Å². The number of hydrogen-bond acceptors (Lipinski definition) is 16. The Balaban J connectivity index is 0.930. The molecule has 1 unspecified atom stereocenters. The maximum absolute atomic E-state index is 13.7. The molecule has 0 radical (unpaired) electrons. The fourth-order valence-electron chi connectivity index (χ4n) is 7.73. The van der Waals surface area contributed by atoms with E-state index in [1.54, 1.807) is 29.7 Å². The molecular weight excluding hydrogens is 895 g/mol. The molecule has 2 aliphatic heterocycles. The minimum absolute atomic E-state index is 0.0643. The van der Waals surface area contributed by atoms with Gasteiger partial charge in [-0.25, -0.2) is 15.2 Å². The first-order valence-electron chi connectivity index (χ1n) is 23.5. The molecule has 20 heteroatoms. The number of benzene rings is 1. The standard InChI is InChI=1S/C49H67N7O13/c1-6-36(12-11-34(4)67-17-10-9-16-61-19-21-63-23-25-65-27-28-66-26-24-64-22-20-62-18-15-51-55-50)35(5)53-54-45(57)33-68-37-13-14-43-39(29-37)38(7-2)40-31-56-44(46(40)52-43)30-42-41(47(56)58)32-69-48(59)49(42,60)8-3/h6,11,13-14,29-30,36,60H,1,7-10,12,15-28,31-33H2,2-5H3,(H,54,57)/b34-11+,53-35+/t36?,49-/m0/s1. The zero-order chi connectivity index (χ0) is 49.4. The number of esters is 1. The molecule has 376 valence electrons. The lowest BCUT2D eigenvalue weighted by Crippen LogP contribution is -2.44. The summed E-state index contributed by atoms with van der Waals surface area (Å²) in [5, 5.41) is 19.8. The lowest BCUT2D eigenvalue weighted by atomic mass is 9.86. The van der Waals surface area contributed by atoms with E-state index in [-0.39, 0.29) is 48.8 Å². The average molecular weight is 962 g/mol. The first-order valence-corrected chi connectivity index (χ1v) is 23.5. The third-order valence-corrected chi connectivity index (χ3v) is 11.6. The van der Waals surface area contributed by atoms with Crippen LogP contribution in [0.3, 0.4) is 0 Å². The van der Waals surface area contributed by atoms with E-state index in [2.05, 4.69) is 27.1 Å². The Labute approximate surface area is 402 Å². The molecule has 0 aliphatic carbocycles. The van der Waals surface area contributed by atoms with Gasteiger partial charge in [-0.1, -0.05) is 25.0 Å². The maximum Gasteiger partial charge on any atom is 0.343 e. The topological polar surface area (TPSA) is 245 Å². The number of carbonyl (C=O) groups is 2. The molecule has 3 aromatic rings. The fourth-order valence-corrected chi connectivity index (χ4v) is 7.73. The van der Waals surface area contributed by atoms with Crippen LogP contribution in [-0.2, 0) is 72.7 Å². The number of amides is 1. The Kier molecular flexibility index (Phi) is 22.6. The molecule has 5 rings (SSSR count). The van der Waals surface area contributed by atoms with Crippen molar-refractivity contribution >= 4 is 28.5 Å². The highest BCUT2D eigenvalue weighted by molar-refractivity contribution is 5.90. The summed E-state index contributed by atoms with van der Waals surface area (Å²) in [6.07, 6.45) is 6.76. The predicted octanol–water partition coefficient (Wildman–Crippen LogP) is 5.82. The van der Waals surface area contributed by atoms with Gasteiger partial charge in [0.1, 0.15) is 12.4 Å². The van der Waals surface area contributed by atoms with Crippen molar-refractivity contribution in [2.24, 2.45) is 16.1 Å². The van der Waals surface area contributed by atoms with Crippen molar-refractivity contribution in [1.82, 2.24) is 15.0 Å². The molecule has 4 heterocycles. The van der Waals surface area contributed by atoms with Crippen LogP contribution in [0.1, 0.15) is 75.6 Å². The molecule has 69 heavy (non-hydrogen) atoms. The lowest BCUT2D eigenvalue weighted by Gasteiger charge is -2.31. The van der Waals surface area contributed by atoms with Crippen molar-refractivity contribution in [2.75, 3.05) is 99.0 Å². The van der Waals surface area contributed by atoms with E-state index in [0.29, 0.717) is 134 Å². The number of nitrogens with one attached hydrogen (secondary N) is 1. The number of aliphatic hydroxyl groups is 1. The summed E-state index contributed by atoms with van der Waals surface area (Å²) >= 11 is 0. The molecule has 2 aliphatic rings. The van der Waals surface area contributed by atoms with Gasteiger partial charge in [0.2, 0.25) is 0 Å². The zero-order valence-electron chi connectivity index (χ0n) is 40.3. The van der Waals surface area contributed by atoms with Crippen LogP contribution < -0.4 is 15.7 Å². The predicted molar refractivity (Wildman–Crippen MR) is 257 cm³/mol. The summed E-state index contributed by atoms with van der Waals surface area (Å²) in [7, 11) is 0. The molecule has 2 N–H and O–H groups in total. The first kappa shape index (κ1) is 54.2. The summed E-state index contributed by atoms with van der Waals surface area (Å²) in [5.74, 6) is -0.0505. The molecule has 1 aromatic carbocycles. The van der Waals surface area contributed by atoms with E-state index in [0.717, 1.165) is 35.1 Å². The van der Waals surface area contributed by atoms with Gasteiger partial charge < -0.3 is 52.3 Å². The van der Waals surface area contributed by atoms with E-state index in [1.807, 2.05) is 39.0 Å². The molecule has 1 amide bonds. The maximum atomic E-state index is 13.7. The number of cyclic esters (lactones) is 1. The number of carbonyl (C=O) groups excluding carboxylic acids is 2. The summed E-state index contributed by atoms with van der Waals surface area (Å²) in [6.45, 7) is 17.8. The number of fused-ring (bicyclic) bond motifs is 5. The third kappa shape index (κ3) is 15.7. The van der Waals surface area contributed by atoms with E-state index in [9.17, 15) is 19.5 Å². The molecule has 20 nitrogen and oxygen atoms in total. The van der Waals surface area contributed by atoms with Crippen LogP contribution in [0.15, 0.2) is 63.8 Å². The van der Waals surface area contributed by atoms with Gasteiger partial charge in [0.15, 0.2) is 12.2 Å². The summed E-state index contributed by atoms with van der Waals surface area (Å²) < 4.78 is 51.4. The average Bonchev–Trinajstić information content (AvgIpc) is 3.72. The molecular formula is C49H67N7O13. The molecule has 0 spiro atoms. The van der Waals surface area contributed by atoms with Crippen molar-refractivity contribution in [3.63, 3.8) is 0 Å². The second-order valence-electron chi connectivity index (χ2n) is 16.2. The van der Waals surface area contributed by atoms with Crippen molar-refractivity contribution < 1.29 is 57.3 Å². The molecule has 2 atom stereocenters. The van der Waals surface area contributed by atoms with Crippen LogP contribution in [0.4, 0.5) is 0 Å². The van der Waals surface area contributed by atoms with Gasteiger partial charge in [0, 0.05) is 46.2 Å². The normalized spacial score (nSPS) is 15.8. The number of aromatic nitrogens is 2. The summed E-state index contributed by atoms with van der Waals surface area (Å²) in [6, 6.07) is 7.10. The number of rotatable bonds is 34. The summed E-state index contributed by atoms with van der Waals surface area (Å²) in [5.41, 5.74) is 13.5. The van der Waals surface area contributed by atoms with Gasteiger partial charge in [-0.2, -0.15) is 5.10 Å². The van der Waals surface area contributed by atoms with Crippen LogP contribution in [0.5, 0.6) is 5.75 Å². The number of ether oxygens (including phenoxy) is 9. The van der Waals surface area contributed by atoms with Gasteiger partial charge in [-0.05, 0) is 87.4 Å². The van der Waals surface area contributed by atoms with Gasteiger partial charge >= 0.3 is 5.97 Å². The van der Waals surface area contributed by atoms with E-state index in [1.165, 1.54) is 0 Å². The van der Waals surface area contributed by atoms with E-state index in [4.69, 9.17) is 53.1 Å². The van der Waals surface area contributed by atoms with Crippen molar-refractivity contribution in [3.05, 3.63) is 91.8 Å². The highest BCUT2D eigenvalue weighted by atomic mass is 16.6. The monoisotopic (exact) mass is 961 g/mol. The van der Waals surface area contributed by atoms with Crippen molar-refractivity contribution in [3.8, 4) is 17.1 Å². The Morgan fingerprint density at radius 2 is 1.58 bits per heavy atom. The molecule has 0 saturated carbocycles. The largest absolute Gasteiger partial charge is 0.499 e. The smallest absolute Gasteiger partial charge is 0.343 e. The number of unbranched alkanes of at least 4 members (excludes halogenated alkanes) is 1. The minimum atomic E-state index is -1.90. The molecule has 0 saturated heterocycles. The Morgan fingerprint density at radius 3 is 2.20 bits per heavy atom. The Bertz CT molecular complexity index is 2360. The SMILES string of the molecule is C=CC(C/C=C(\C)OCCCCOCCOCCOCCOCCOCCOCCN=[N+]=[N-])/C(C)=N/NC(=O)COc1ccc2nc3c(c(CC)c2c1)Cn1c-3cc2c(c1=O)COC(=O)[C@]2(O)CC. The number of aryl methyl sites for hydroxylation is 1. The second kappa shape index (κ2) is 28.7. The highest BCUT2D eigenvalue weighted by Crippen LogP contribution is 2.40. The summed E-state index contributed by atoms with van der Waals surface area (Å²) in [4.78, 5) is 46.7. The number of pyridine rings is 2. The van der Waals surface area contributed by atoms with Gasteiger partial charge in [-0.3, -0.25) is 9.59 Å². The van der Waals surface area contributed by atoms with Gasteiger partial charge in [-0.15, -0.1) is 6.58 Å². The van der Waals surface area contributed by atoms with Crippen LogP contribution in [-0.4, -0.2) is 131 Å². The van der Waals surface area contributed by atoms with Gasteiger partial charge in [0.05, 0.1) is 114 Å². The highest BCUT2D eigenvalue weighted by Gasteiger charge is 2.45. The Hall–Kier alpha value is -5.70. The Morgan fingerprint density at radius 1 is 0.942 bits per heavy atom. The third-order valence-electron chi connectivity index (χ3n) is 11.6. The van der Waals surface area contributed by atoms with Crippen LogP contribution in [0, 0.1) is 5.92 Å². The van der Waals surface area contributed by atoms with E-state index < -0.39 is 17.5 Å². The number of hydrazone groups is 1. The quantitative estimate of drug-likeness (QED) is 0.00646. The number of hydrogen-bond donors (Lipinski definition) is 2. The number of azide groups is 1. The zero-order valence-corrected chi connectivity index (χ0v) is 40.3.